The number of alkyl halides is 3. The lowest BCUT2D eigenvalue weighted by Gasteiger charge is -2.33. The van der Waals surface area contributed by atoms with Crippen molar-refractivity contribution in [1.29, 1.82) is 0 Å². The van der Waals surface area contributed by atoms with Crippen molar-refractivity contribution in [3.8, 4) is 33.8 Å². The molecule has 3 aromatic carbocycles. The summed E-state index contributed by atoms with van der Waals surface area (Å²) in [5, 5.41) is 39.4. The lowest BCUT2D eigenvalue weighted by Crippen LogP contribution is -2.45. The number of anilines is 9. The molecule has 33 nitrogen and oxygen atoms in total. The number of rotatable bonds is 12. The van der Waals surface area contributed by atoms with E-state index in [1.54, 1.807) is 192 Å². The molecule has 6 atom stereocenters. The highest BCUT2D eigenvalue weighted by Gasteiger charge is 2.44. The molecule has 662 valence electrons. The largest absolute Gasteiger partial charge is 0.443 e. The van der Waals surface area contributed by atoms with Crippen LogP contribution in [0.5, 0.6) is 0 Å². The Kier molecular flexibility index (Phi) is 25.0. The highest BCUT2D eigenvalue weighted by atomic mass is 19.1. The minimum atomic E-state index is -1.22. The van der Waals surface area contributed by atoms with Crippen LogP contribution in [0.25, 0.3) is 50.7 Å². The number of imidazole rings is 3. The van der Waals surface area contributed by atoms with Gasteiger partial charge in [-0.25, -0.2) is 72.2 Å². The highest BCUT2D eigenvalue weighted by Crippen LogP contribution is 2.44. The number of hydrogen-bond acceptors (Lipinski definition) is 27. The molecule has 0 unspecified atom stereocenters. The van der Waals surface area contributed by atoms with Crippen molar-refractivity contribution >= 4 is 105 Å². The molecule has 9 aromatic heterocycles. The molecule has 0 saturated carbocycles. The number of aliphatic hydroxyl groups is 3. The maximum Gasteiger partial charge on any atom is 0.417 e. The third-order valence-corrected chi connectivity index (χ3v) is 21.5. The number of piperidine rings is 3. The number of carbonyl (C=O) groups excluding carboxylic acids is 6. The maximum atomic E-state index is 13.7. The number of aromatic nitrogens is 12. The molecule has 12 aromatic rings. The molecule has 0 radical (unpaired) electrons. The van der Waals surface area contributed by atoms with Gasteiger partial charge in [-0.1, -0.05) is 39.0 Å². The fourth-order valence-electron chi connectivity index (χ4n) is 15.6. The molecule has 6 aliphatic heterocycles. The van der Waals surface area contributed by atoms with Crippen LogP contribution in [0.3, 0.4) is 0 Å². The second-order valence-corrected chi connectivity index (χ2v) is 35.3. The first-order valence-corrected chi connectivity index (χ1v) is 41.8. The van der Waals surface area contributed by atoms with E-state index in [2.05, 4.69) is 81.6 Å². The van der Waals surface area contributed by atoms with Gasteiger partial charge in [0.05, 0.1) is 143 Å². The van der Waals surface area contributed by atoms with E-state index in [0.29, 0.717) is 104 Å². The number of aliphatic hydroxyl groups excluding tert-OH is 3. The molecular weight excluding hydrogens is 1640 g/mol. The van der Waals surface area contributed by atoms with Gasteiger partial charge in [-0.05, 0) is 159 Å². The Morgan fingerprint density at radius 3 is 0.898 bits per heavy atom. The predicted octanol–water partition coefficient (Wildman–Crippen LogP) is 14.7. The number of ether oxygens (including phenoxy) is 3. The van der Waals surface area contributed by atoms with Gasteiger partial charge >= 0.3 is 18.3 Å². The van der Waals surface area contributed by atoms with E-state index in [1.165, 1.54) is 0 Å². The summed E-state index contributed by atoms with van der Waals surface area (Å²) in [7, 11) is 0. The molecule has 18 rings (SSSR count). The van der Waals surface area contributed by atoms with Gasteiger partial charge in [0, 0.05) is 93.1 Å². The average molecular weight is 1740 g/mol. The number of nitrogens with one attached hydrogen (secondary N) is 3. The number of amides is 6. The first-order valence-electron chi connectivity index (χ1n) is 41.8. The van der Waals surface area contributed by atoms with Crippen molar-refractivity contribution < 1.29 is 71.5 Å². The lowest BCUT2D eigenvalue weighted by molar-refractivity contribution is 0.0231. The molecule has 3 fully saturated rings. The van der Waals surface area contributed by atoms with E-state index in [0.717, 1.165) is 71.5 Å². The molecule has 3 saturated heterocycles. The van der Waals surface area contributed by atoms with Gasteiger partial charge in [0.25, 0.3) is 17.7 Å². The third kappa shape index (κ3) is 19.4. The number of halogens is 3. The van der Waals surface area contributed by atoms with Crippen molar-refractivity contribution in [3.05, 3.63) is 199 Å². The molecule has 6 aliphatic rings. The summed E-state index contributed by atoms with van der Waals surface area (Å²) in [5.41, 5.74) is 10.9. The fraction of sp³-hybridized carbons (Fsp3) is 0.374. The molecule has 0 bridgehead atoms. The summed E-state index contributed by atoms with van der Waals surface area (Å²) in [6, 6.07) is 21.7. The second-order valence-electron chi connectivity index (χ2n) is 35.3. The zero-order valence-corrected chi connectivity index (χ0v) is 72.3. The van der Waals surface area contributed by atoms with Gasteiger partial charge in [-0.3, -0.25) is 42.5 Å². The summed E-state index contributed by atoms with van der Waals surface area (Å²) >= 11 is 0. The maximum absolute atomic E-state index is 13.7. The van der Waals surface area contributed by atoms with Gasteiger partial charge < -0.3 is 60.2 Å². The SMILES string of the molecule is CC(C)(C)OC(=O)N1Cc2c(-c3cnc4cnccn34)ccc(Nc3ccc(N4CC[C@@H](F)[C@H](O)C4)cn3)c2C1=O.CC(C)(C)OC(=O)N1Cc2c(-c3cnc4cnccn34)ccc(Nc3ccc(N4CC[C@H](F)[C@@H](O)C4)cn3)c2C1=O.CC(C)(C)OC(=O)N1Cc2c(-c3cnc4cnccn34)ccc(Nc3ccc(N4CC[C@H](F)[C@@H](O)C4)cn3)c2C1=O.CC(C)C. The zero-order valence-electron chi connectivity index (χ0n) is 72.3. The van der Waals surface area contributed by atoms with Gasteiger partial charge in [-0.15, -0.1) is 0 Å². The molecule has 6 amide bonds. The van der Waals surface area contributed by atoms with Crippen molar-refractivity contribution in [2.24, 2.45) is 5.92 Å². The number of fused-ring (bicyclic) bond motifs is 6. The van der Waals surface area contributed by atoms with Crippen molar-refractivity contribution in [1.82, 2.24) is 72.8 Å². The highest BCUT2D eigenvalue weighted by molar-refractivity contribution is 6.14. The first kappa shape index (κ1) is 88.1. The van der Waals surface area contributed by atoms with E-state index < -0.39 is 89.6 Å². The summed E-state index contributed by atoms with van der Waals surface area (Å²) in [4.78, 5) is 128. The predicted molar refractivity (Wildman–Crippen MR) is 470 cm³/mol. The Bertz CT molecular complexity index is 5530. The molecule has 0 spiro atoms. The number of nitrogens with zero attached hydrogens (tertiary/aromatic N) is 18. The van der Waals surface area contributed by atoms with Crippen LogP contribution in [0.2, 0.25) is 0 Å². The van der Waals surface area contributed by atoms with Gasteiger partial charge in [0.2, 0.25) is 0 Å². The van der Waals surface area contributed by atoms with Crippen LogP contribution in [0.15, 0.2) is 166 Å². The normalized spacial score (nSPS) is 18.7. The fourth-order valence-corrected chi connectivity index (χ4v) is 15.6. The summed E-state index contributed by atoms with van der Waals surface area (Å²) in [5.74, 6) is 0.841. The Hall–Kier alpha value is -13.7. The number of benzene rings is 3. The molecule has 127 heavy (non-hydrogen) atoms. The summed E-state index contributed by atoms with van der Waals surface area (Å²) in [6.45, 7) is 24.4. The van der Waals surface area contributed by atoms with E-state index in [1.807, 2.05) is 64.3 Å². The lowest BCUT2D eigenvalue weighted by atomic mass is 9.99. The number of hydrogen-bond donors (Lipinski definition) is 6. The number of carbonyl (C=O) groups is 6. The second kappa shape index (κ2) is 36.1. The quantitative estimate of drug-likeness (QED) is 0.0619. The molecular formula is C91H100F3N21O12. The van der Waals surface area contributed by atoms with Gasteiger partial charge in [0.15, 0.2) is 16.9 Å². The van der Waals surface area contributed by atoms with Gasteiger partial charge in [0.1, 0.15) is 71.1 Å². The monoisotopic (exact) mass is 1740 g/mol. The molecule has 36 heteroatoms. The van der Waals surface area contributed by atoms with Crippen LogP contribution >= 0.6 is 0 Å². The Morgan fingerprint density at radius 2 is 0.661 bits per heavy atom. The van der Waals surface area contributed by atoms with Crippen molar-refractivity contribution in [3.63, 3.8) is 0 Å². The smallest absolute Gasteiger partial charge is 0.417 e. The van der Waals surface area contributed by atoms with Crippen LogP contribution in [-0.4, -0.2) is 217 Å². The van der Waals surface area contributed by atoms with Crippen molar-refractivity contribution in [2.75, 3.05) is 69.9 Å². The van der Waals surface area contributed by atoms with Crippen LogP contribution < -0.4 is 30.7 Å². The number of β-amino-alcohol motifs (C(OH)–C–C–N with tert-alkyl or cyclic N) is 3. The Balaban J connectivity index is 0.000000144. The van der Waals surface area contributed by atoms with Crippen LogP contribution in [0.4, 0.5) is 79.1 Å². The van der Waals surface area contributed by atoms with E-state index in [4.69, 9.17) is 14.2 Å². The van der Waals surface area contributed by atoms with Crippen molar-refractivity contribution in [2.45, 2.75) is 176 Å². The van der Waals surface area contributed by atoms with Crippen LogP contribution in [0.1, 0.15) is 150 Å². The third-order valence-electron chi connectivity index (χ3n) is 21.5. The van der Waals surface area contributed by atoms with Gasteiger partial charge in [-0.2, -0.15) is 0 Å². The zero-order chi connectivity index (χ0) is 90.2. The Morgan fingerprint density at radius 1 is 0.394 bits per heavy atom. The van der Waals surface area contributed by atoms with Crippen LogP contribution in [0, 0.1) is 5.92 Å². The summed E-state index contributed by atoms with van der Waals surface area (Å²) < 4.78 is 63.3. The molecule has 6 N–H and O–H groups in total. The minimum Gasteiger partial charge on any atom is -0.443 e. The standard InChI is InChI=1S/3C29H30FN7O4.C4H10/c3*1-29(2,3)41-28(40)37-15-19-18(22-13-33-25-14-31-9-11-36(22)25)5-6-21(26(19)27(37)39)34-24-7-4-17(12-32-24)35-10-8-20(30)23(38)16-35;1-4(2)3/h3*4-7,9,11-14,20,23,38H,8,10,15-16H2,1-3H3,(H,32,34);4H,1-3H3/t3*20-,23-;/m100./s1. The topological polar surface area (TPSA) is 376 Å². The number of imide groups is 3. The first-order chi connectivity index (χ1) is 60.5. The molecule has 15 heterocycles. The average Bonchev–Trinajstić information content (AvgIpc) is 1.61. The van der Waals surface area contributed by atoms with E-state index in [-0.39, 0.29) is 58.5 Å². The molecule has 0 aliphatic carbocycles. The van der Waals surface area contributed by atoms with E-state index >= 15 is 0 Å². The van der Waals surface area contributed by atoms with Crippen LogP contribution in [-0.2, 0) is 33.8 Å². The number of pyridine rings is 3. The minimum absolute atomic E-state index is 0.0332. The van der Waals surface area contributed by atoms with E-state index in [9.17, 15) is 57.3 Å². The summed E-state index contributed by atoms with van der Waals surface area (Å²) in [6.07, 6.45) is 17.1. The Labute approximate surface area is 729 Å².